The molecule has 0 bridgehead atoms. The van der Waals surface area contributed by atoms with Crippen LogP contribution >= 0.6 is 0 Å². The molecule has 0 unspecified atom stereocenters. The fraction of sp³-hybridized carbons (Fsp3) is 0.524. The van der Waals surface area contributed by atoms with Gasteiger partial charge in [0.15, 0.2) is 5.69 Å². The number of nitrogens with zero attached hydrogens (tertiary/aromatic N) is 4. The molecule has 150 valence electrons. The zero-order valence-electron chi connectivity index (χ0n) is 16.9. The van der Waals surface area contributed by atoms with Crippen molar-refractivity contribution in [1.82, 2.24) is 25.2 Å². The SMILES string of the molecule is Cc1ccc(CCC(=O)N2CCC(n3cc(C(=O)NC(C)C)nn3)CC2)cc1. The molecule has 2 aromatic rings. The van der Waals surface area contributed by atoms with Gasteiger partial charge in [0.1, 0.15) is 0 Å². The lowest BCUT2D eigenvalue weighted by molar-refractivity contribution is -0.132. The van der Waals surface area contributed by atoms with Gasteiger partial charge in [-0.05, 0) is 45.6 Å². The minimum atomic E-state index is -0.204. The van der Waals surface area contributed by atoms with E-state index in [1.807, 2.05) is 18.7 Å². The van der Waals surface area contributed by atoms with Crippen molar-refractivity contribution in [3.63, 3.8) is 0 Å². The fourth-order valence-corrected chi connectivity index (χ4v) is 3.44. The van der Waals surface area contributed by atoms with E-state index in [1.165, 1.54) is 11.1 Å². The predicted molar refractivity (Wildman–Crippen MR) is 107 cm³/mol. The van der Waals surface area contributed by atoms with Crippen molar-refractivity contribution < 1.29 is 9.59 Å². The summed E-state index contributed by atoms with van der Waals surface area (Å²) in [5, 5.41) is 10.9. The fourth-order valence-electron chi connectivity index (χ4n) is 3.44. The van der Waals surface area contributed by atoms with Crippen LogP contribution in [0.5, 0.6) is 0 Å². The van der Waals surface area contributed by atoms with Crippen LogP contribution in [0.3, 0.4) is 0 Å². The van der Waals surface area contributed by atoms with Crippen molar-refractivity contribution >= 4 is 11.8 Å². The van der Waals surface area contributed by atoms with Gasteiger partial charge < -0.3 is 10.2 Å². The Labute approximate surface area is 166 Å². The molecule has 0 radical (unpaired) electrons. The van der Waals surface area contributed by atoms with Crippen LogP contribution in [0.2, 0.25) is 0 Å². The zero-order chi connectivity index (χ0) is 20.1. The number of likely N-dealkylation sites (tertiary alicyclic amines) is 1. The number of amides is 2. The summed E-state index contributed by atoms with van der Waals surface area (Å²) >= 11 is 0. The van der Waals surface area contributed by atoms with E-state index in [2.05, 4.69) is 46.8 Å². The van der Waals surface area contributed by atoms with E-state index < -0.39 is 0 Å². The lowest BCUT2D eigenvalue weighted by Gasteiger charge is -2.32. The molecule has 0 atom stereocenters. The molecule has 0 aliphatic carbocycles. The summed E-state index contributed by atoms with van der Waals surface area (Å²) in [4.78, 5) is 26.5. The molecular formula is C21H29N5O2. The Hall–Kier alpha value is -2.70. The molecule has 7 nitrogen and oxygen atoms in total. The Kier molecular flexibility index (Phi) is 6.44. The van der Waals surface area contributed by atoms with Gasteiger partial charge in [-0.15, -0.1) is 5.10 Å². The molecule has 1 aliphatic heterocycles. The van der Waals surface area contributed by atoms with E-state index in [9.17, 15) is 9.59 Å². The number of carbonyl (C=O) groups excluding carboxylic acids is 2. The lowest BCUT2D eigenvalue weighted by Crippen LogP contribution is -2.39. The van der Waals surface area contributed by atoms with Crippen molar-refractivity contribution in [2.75, 3.05) is 13.1 Å². The number of hydrogen-bond acceptors (Lipinski definition) is 4. The van der Waals surface area contributed by atoms with E-state index >= 15 is 0 Å². The highest BCUT2D eigenvalue weighted by molar-refractivity contribution is 5.92. The first-order valence-electron chi connectivity index (χ1n) is 9.98. The molecule has 1 aromatic carbocycles. The summed E-state index contributed by atoms with van der Waals surface area (Å²) in [6.07, 6.45) is 4.67. The second-order valence-electron chi connectivity index (χ2n) is 7.81. The van der Waals surface area contributed by atoms with Gasteiger partial charge in [-0.2, -0.15) is 0 Å². The Balaban J connectivity index is 1.47. The molecule has 2 heterocycles. The van der Waals surface area contributed by atoms with Gasteiger partial charge in [-0.25, -0.2) is 4.68 Å². The van der Waals surface area contributed by atoms with Gasteiger partial charge in [-0.1, -0.05) is 35.0 Å². The highest BCUT2D eigenvalue weighted by atomic mass is 16.2. The van der Waals surface area contributed by atoms with Crippen LogP contribution in [0.15, 0.2) is 30.5 Å². The molecule has 28 heavy (non-hydrogen) atoms. The predicted octanol–water partition coefficient (Wildman–Crippen LogP) is 2.52. The molecule has 1 aliphatic rings. The van der Waals surface area contributed by atoms with Crippen molar-refractivity contribution in [3.8, 4) is 0 Å². The van der Waals surface area contributed by atoms with E-state index in [0.29, 0.717) is 25.2 Å². The molecule has 2 amide bonds. The van der Waals surface area contributed by atoms with Gasteiger partial charge in [-0.3, -0.25) is 9.59 Å². The van der Waals surface area contributed by atoms with E-state index in [0.717, 1.165) is 19.3 Å². The zero-order valence-corrected chi connectivity index (χ0v) is 16.9. The third kappa shape index (κ3) is 5.18. The number of carbonyl (C=O) groups is 2. The van der Waals surface area contributed by atoms with Crippen LogP contribution in [0, 0.1) is 6.92 Å². The molecule has 1 N–H and O–H groups in total. The Bertz CT molecular complexity index is 804. The summed E-state index contributed by atoms with van der Waals surface area (Å²) in [6, 6.07) is 8.58. The average molecular weight is 383 g/mol. The molecule has 1 aromatic heterocycles. The maximum Gasteiger partial charge on any atom is 0.273 e. The van der Waals surface area contributed by atoms with Crippen molar-refractivity contribution in [3.05, 3.63) is 47.3 Å². The van der Waals surface area contributed by atoms with Crippen LogP contribution in [0.25, 0.3) is 0 Å². The molecular weight excluding hydrogens is 354 g/mol. The first kappa shape index (κ1) is 20.0. The quantitative estimate of drug-likeness (QED) is 0.831. The number of aryl methyl sites for hydroxylation is 2. The second-order valence-corrected chi connectivity index (χ2v) is 7.81. The number of benzene rings is 1. The number of aromatic nitrogens is 3. The number of nitrogens with one attached hydrogen (secondary N) is 1. The third-order valence-electron chi connectivity index (χ3n) is 5.10. The van der Waals surface area contributed by atoms with Crippen LogP contribution < -0.4 is 5.32 Å². The van der Waals surface area contributed by atoms with Crippen LogP contribution in [-0.4, -0.2) is 50.8 Å². The van der Waals surface area contributed by atoms with Gasteiger partial charge >= 0.3 is 0 Å². The van der Waals surface area contributed by atoms with E-state index in [1.54, 1.807) is 10.9 Å². The minimum Gasteiger partial charge on any atom is -0.348 e. The highest BCUT2D eigenvalue weighted by Crippen LogP contribution is 2.22. The Morgan fingerprint density at radius 2 is 1.86 bits per heavy atom. The first-order chi connectivity index (χ1) is 13.4. The van der Waals surface area contributed by atoms with Crippen molar-refractivity contribution in [2.24, 2.45) is 0 Å². The summed E-state index contributed by atoms with van der Waals surface area (Å²) in [6.45, 7) is 7.31. The molecule has 0 spiro atoms. The van der Waals surface area contributed by atoms with Gasteiger partial charge in [0.25, 0.3) is 5.91 Å². The average Bonchev–Trinajstić information content (AvgIpc) is 3.17. The van der Waals surface area contributed by atoms with Crippen LogP contribution in [0.4, 0.5) is 0 Å². The van der Waals surface area contributed by atoms with Crippen molar-refractivity contribution in [2.45, 2.75) is 58.5 Å². The molecule has 1 fully saturated rings. The summed E-state index contributed by atoms with van der Waals surface area (Å²) in [7, 11) is 0. The standard InChI is InChI=1S/C21H29N5O2/c1-15(2)22-21(28)19-14-26(24-23-19)18-10-12-25(13-11-18)20(27)9-8-17-6-4-16(3)5-7-17/h4-7,14-15,18H,8-13H2,1-3H3,(H,22,28). The molecule has 7 heteroatoms. The Morgan fingerprint density at radius 1 is 1.18 bits per heavy atom. The van der Waals surface area contributed by atoms with Crippen LogP contribution in [0.1, 0.15) is 60.8 Å². The molecule has 3 rings (SSSR count). The van der Waals surface area contributed by atoms with E-state index in [-0.39, 0.29) is 23.9 Å². The lowest BCUT2D eigenvalue weighted by atomic mass is 10.0. The van der Waals surface area contributed by atoms with Gasteiger partial charge in [0.2, 0.25) is 5.91 Å². The summed E-state index contributed by atoms with van der Waals surface area (Å²) < 4.78 is 1.77. The largest absolute Gasteiger partial charge is 0.348 e. The van der Waals surface area contributed by atoms with Crippen LogP contribution in [-0.2, 0) is 11.2 Å². The third-order valence-corrected chi connectivity index (χ3v) is 5.10. The normalized spacial score (nSPS) is 15.1. The maximum atomic E-state index is 12.5. The highest BCUT2D eigenvalue weighted by Gasteiger charge is 2.25. The summed E-state index contributed by atoms with van der Waals surface area (Å²) in [5.41, 5.74) is 2.77. The topological polar surface area (TPSA) is 80.1 Å². The summed E-state index contributed by atoms with van der Waals surface area (Å²) in [5.74, 6) is -0.000384. The number of rotatable bonds is 6. The smallest absolute Gasteiger partial charge is 0.273 e. The first-order valence-corrected chi connectivity index (χ1v) is 9.98. The maximum absolute atomic E-state index is 12.5. The van der Waals surface area contributed by atoms with Crippen molar-refractivity contribution in [1.29, 1.82) is 0 Å². The Morgan fingerprint density at radius 3 is 2.50 bits per heavy atom. The second kappa shape index (κ2) is 8.99. The van der Waals surface area contributed by atoms with Gasteiger partial charge in [0, 0.05) is 25.6 Å². The minimum absolute atomic E-state index is 0.0619. The monoisotopic (exact) mass is 383 g/mol. The number of piperidine rings is 1. The molecule has 0 saturated carbocycles. The molecule has 1 saturated heterocycles. The van der Waals surface area contributed by atoms with Gasteiger partial charge in [0.05, 0.1) is 12.2 Å². The van der Waals surface area contributed by atoms with E-state index in [4.69, 9.17) is 0 Å². The number of hydrogen-bond donors (Lipinski definition) is 1.